The third kappa shape index (κ3) is 4.04. The molecule has 0 aromatic heterocycles. The number of nitro benzene ring substituents is 1. The van der Waals surface area contributed by atoms with E-state index >= 15 is 0 Å². The van der Waals surface area contributed by atoms with Gasteiger partial charge in [0.05, 0.1) is 10.5 Å². The van der Waals surface area contributed by atoms with Crippen molar-refractivity contribution in [2.45, 2.75) is 6.42 Å². The second-order valence-electron chi connectivity index (χ2n) is 4.49. The third-order valence-electron chi connectivity index (χ3n) is 3.00. The maximum atomic E-state index is 10.9. The molecule has 6 nitrogen and oxygen atoms in total. The Kier molecular flexibility index (Phi) is 4.50. The zero-order valence-corrected chi connectivity index (χ0v) is 11.2. The lowest BCUT2D eigenvalue weighted by Gasteiger charge is -2.07. The molecule has 0 aliphatic heterocycles. The van der Waals surface area contributed by atoms with E-state index in [0.29, 0.717) is 13.0 Å². The van der Waals surface area contributed by atoms with Crippen molar-refractivity contribution >= 4 is 17.3 Å². The van der Waals surface area contributed by atoms with Gasteiger partial charge in [-0.25, -0.2) is 4.79 Å². The molecule has 2 aromatic rings. The van der Waals surface area contributed by atoms with Crippen molar-refractivity contribution in [1.29, 1.82) is 0 Å². The number of anilines is 1. The normalized spacial score (nSPS) is 10.1. The first-order valence-corrected chi connectivity index (χ1v) is 6.37. The minimum atomic E-state index is -0.964. The van der Waals surface area contributed by atoms with Crippen LogP contribution in [0.3, 0.4) is 0 Å². The number of carbonyl (C=O) groups is 1. The van der Waals surface area contributed by atoms with E-state index in [2.05, 4.69) is 5.32 Å². The Morgan fingerprint density at radius 1 is 1.19 bits per heavy atom. The molecule has 0 amide bonds. The number of nitro groups is 1. The summed E-state index contributed by atoms with van der Waals surface area (Å²) < 4.78 is 0. The molecule has 0 saturated carbocycles. The van der Waals surface area contributed by atoms with E-state index in [-0.39, 0.29) is 11.3 Å². The highest BCUT2D eigenvalue weighted by Crippen LogP contribution is 2.13. The zero-order valence-electron chi connectivity index (χ0n) is 11.2. The summed E-state index contributed by atoms with van der Waals surface area (Å²) in [6.45, 7) is 0.612. The second kappa shape index (κ2) is 6.51. The largest absolute Gasteiger partial charge is 0.478 e. The van der Waals surface area contributed by atoms with Crippen LogP contribution in [-0.2, 0) is 6.42 Å². The Morgan fingerprint density at radius 2 is 1.90 bits per heavy atom. The molecule has 108 valence electrons. The Balaban J connectivity index is 1.90. The number of nitrogens with zero attached hydrogens (tertiary/aromatic N) is 1. The third-order valence-corrected chi connectivity index (χ3v) is 3.00. The van der Waals surface area contributed by atoms with Crippen LogP contribution in [0.4, 0.5) is 11.4 Å². The number of hydrogen-bond acceptors (Lipinski definition) is 4. The molecule has 0 unspecified atom stereocenters. The molecule has 0 spiro atoms. The van der Waals surface area contributed by atoms with Gasteiger partial charge in [-0.05, 0) is 30.2 Å². The number of aromatic carboxylic acids is 1. The highest BCUT2D eigenvalue weighted by atomic mass is 16.6. The van der Waals surface area contributed by atoms with Crippen molar-refractivity contribution in [2.24, 2.45) is 0 Å². The fraction of sp³-hybridized carbons (Fsp3) is 0.133. The Labute approximate surface area is 121 Å². The molecule has 0 aliphatic rings. The molecule has 2 rings (SSSR count). The zero-order chi connectivity index (χ0) is 15.2. The fourth-order valence-corrected chi connectivity index (χ4v) is 1.90. The maximum Gasteiger partial charge on any atom is 0.335 e. The molecule has 0 atom stereocenters. The van der Waals surface area contributed by atoms with Crippen LogP contribution in [0.1, 0.15) is 15.9 Å². The summed E-state index contributed by atoms with van der Waals surface area (Å²) in [6, 6.07) is 12.9. The lowest BCUT2D eigenvalue weighted by molar-refractivity contribution is -0.384. The maximum absolute atomic E-state index is 10.9. The Bertz CT molecular complexity index is 653. The van der Waals surface area contributed by atoms with E-state index in [0.717, 1.165) is 11.3 Å². The van der Waals surface area contributed by atoms with Crippen molar-refractivity contribution in [1.82, 2.24) is 0 Å². The van der Waals surface area contributed by atoms with Gasteiger partial charge >= 0.3 is 5.97 Å². The number of rotatable bonds is 6. The van der Waals surface area contributed by atoms with Crippen LogP contribution in [0.25, 0.3) is 0 Å². The summed E-state index contributed by atoms with van der Waals surface area (Å²) in [5, 5.41) is 22.6. The monoisotopic (exact) mass is 286 g/mol. The Morgan fingerprint density at radius 3 is 2.52 bits per heavy atom. The topological polar surface area (TPSA) is 92.5 Å². The number of hydrogen-bond donors (Lipinski definition) is 2. The second-order valence-corrected chi connectivity index (χ2v) is 4.49. The van der Waals surface area contributed by atoms with Crippen molar-refractivity contribution in [3.8, 4) is 0 Å². The van der Waals surface area contributed by atoms with E-state index in [1.54, 1.807) is 30.3 Å². The number of non-ortho nitro benzene ring substituents is 1. The number of nitrogens with one attached hydrogen (secondary N) is 1. The van der Waals surface area contributed by atoms with Crippen molar-refractivity contribution in [2.75, 3.05) is 11.9 Å². The van der Waals surface area contributed by atoms with Crippen molar-refractivity contribution < 1.29 is 14.8 Å². The molecule has 2 N–H and O–H groups in total. The minimum Gasteiger partial charge on any atom is -0.478 e. The summed E-state index contributed by atoms with van der Waals surface area (Å²) in [7, 11) is 0. The number of carboxylic acid groups (broad SMARTS) is 1. The smallest absolute Gasteiger partial charge is 0.335 e. The van der Waals surface area contributed by atoms with E-state index < -0.39 is 10.9 Å². The van der Waals surface area contributed by atoms with Gasteiger partial charge in [0, 0.05) is 24.4 Å². The average Bonchev–Trinajstić information content (AvgIpc) is 2.48. The summed E-state index contributed by atoms with van der Waals surface area (Å²) in [5.74, 6) is -0.964. The lowest BCUT2D eigenvalue weighted by atomic mass is 10.1. The van der Waals surface area contributed by atoms with Crippen molar-refractivity contribution in [3.63, 3.8) is 0 Å². The molecule has 0 bridgehead atoms. The highest BCUT2D eigenvalue weighted by molar-refractivity contribution is 5.88. The molecule has 0 fully saturated rings. The minimum absolute atomic E-state index is 0.0702. The molecule has 0 aliphatic carbocycles. The van der Waals surface area contributed by atoms with Gasteiger partial charge in [0.25, 0.3) is 5.69 Å². The molecular weight excluding hydrogens is 272 g/mol. The fourth-order valence-electron chi connectivity index (χ4n) is 1.90. The first-order chi connectivity index (χ1) is 10.1. The van der Waals surface area contributed by atoms with Gasteiger partial charge in [0.2, 0.25) is 0 Å². The molecule has 21 heavy (non-hydrogen) atoms. The van der Waals surface area contributed by atoms with Crippen LogP contribution < -0.4 is 5.32 Å². The molecule has 2 aromatic carbocycles. The molecular formula is C15H14N2O4. The predicted molar refractivity (Wildman–Crippen MR) is 78.7 cm³/mol. The van der Waals surface area contributed by atoms with Gasteiger partial charge in [-0.1, -0.05) is 18.2 Å². The van der Waals surface area contributed by atoms with Gasteiger partial charge in [0.1, 0.15) is 0 Å². The highest BCUT2D eigenvalue weighted by Gasteiger charge is 2.04. The first-order valence-electron chi connectivity index (χ1n) is 6.37. The van der Waals surface area contributed by atoms with E-state index in [1.165, 1.54) is 18.2 Å². The first kappa shape index (κ1) is 14.5. The number of benzene rings is 2. The predicted octanol–water partition coefficient (Wildman–Crippen LogP) is 2.95. The van der Waals surface area contributed by atoms with Gasteiger partial charge in [-0.3, -0.25) is 10.1 Å². The molecule has 0 radical (unpaired) electrons. The quantitative estimate of drug-likeness (QED) is 0.629. The van der Waals surface area contributed by atoms with Crippen LogP contribution in [0.2, 0.25) is 0 Å². The van der Waals surface area contributed by atoms with Crippen LogP contribution in [0.15, 0.2) is 48.5 Å². The van der Waals surface area contributed by atoms with Gasteiger partial charge in [-0.2, -0.15) is 0 Å². The standard InChI is InChI=1S/C15H14N2O4/c18-15(19)12-2-1-3-13(10-12)16-9-8-11-4-6-14(7-5-11)17(20)21/h1-7,10,16H,8-9H2,(H,18,19). The lowest BCUT2D eigenvalue weighted by Crippen LogP contribution is -2.06. The molecule has 0 saturated heterocycles. The van der Waals surface area contributed by atoms with Crippen LogP contribution in [0.5, 0.6) is 0 Å². The van der Waals surface area contributed by atoms with Crippen molar-refractivity contribution in [3.05, 3.63) is 69.8 Å². The van der Waals surface area contributed by atoms with Crippen LogP contribution >= 0.6 is 0 Å². The Hall–Kier alpha value is -2.89. The van der Waals surface area contributed by atoms with Crippen LogP contribution in [0, 0.1) is 10.1 Å². The summed E-state index contributed by atoms with van der Waals surface area (Å²) in [5.41, 5.74) is 2.01. The van der Waals surface area contributed by atoms with E-state index in [9.17, 15) is 14.9 Å². The average molecular weight is 286 g/mol. The SMILES string of the molecule is O=C(O)c1cccc(NCCc2ccc([N+](=O)[O-])cc2)c1. The summed E-state index contributed by atoms with van der Waals surface area (Å²) in [4.78, 5) is 21.0. The van der Waals surface area contributed by atoms with E-state index in [1.807, 2.05) is 0 Å². The van der Waals surface area contributed by atoms with Crippen LogP contribution in [-0.4, -0.2) is 22.5 Å². The van der Waals surface area contributed by atoms with E-state index in [4.69, 9.17) is 5.11 Å². The summed E-state index contributed by atoms with van der Waals surface area (Å²) >= 11 is 0. The molecule has 6 heteroatoms. The van der Waals surface area contributed by atoms with Gasteiger partial charge < -0.3 is 10.4 Å². The summed E-state index contributed by atoms with van der Waals surface area (Å²) in [6.07, 6.45) is 0.690. The van der Waals surface area contributed by atoms with Gasteiger partial charge in [0.15, 0.2) is 0 Å². The molecule has 0 heterocycles. The number of carboxylic acids is 1. The van der Waals surface area contributed by atoms with Gasteiger partial charge in [-0.15, -0.1) is 0 Å².